The average Bonchev–Trinajstić information content (AvgIpc) is 2.36. The zero-order valence-electron chi connectivity index (χ0n) is 5.83. The molecule has 0 bridgehead atoms. The van der Waals surface area contributed by atoms with Crippen molar-refractivity contribution >= 4 is 6.08 Å². The molecule has 2 nitrogen and oxygen atoms in total. The first-order valence-electron chi connectivity index (χ1n) is 3.35. The van der Waals surface area contributed by atoms with Gasteiger partial charge in [-0.25, -0.2) is 0 Å². The topological polar surface area (TPSA) is 25.8 Å². The Bertz CT molecular complexity index is 289. The van der Waals surface area contributed by atoms with Gasteiger partial charge < -0.3 is 0 Å². The van der Waals surface area contributed by atoms with Crippen molar-refractivity contribution in [2.45, 2.75) is 13.3 Å². The van der Waals surface area contributed by atoms with Crippen molar-refractivity contribution < 1.29 is 0 Å². The van der Waals surface area contributed by atoms with Crippen LogP contribution in [0.4, 0.5) is 0 Å². The SMILES string of the molecule is Cc1nncc2c1C=CC2. The number of hydrogen-bond donors (Lipinski definition) is 0. The van der Waals surface area contributed by atoms with Crippen LogP contribution < -0.4 is 0 Å². The van der Waals surface area contributed by atoms with E-state index < -0.39 is 0 Å². The van der Waals surface area contributed by atoms with Gasteiger partial charge in [-0.3, -0.25) is 0 Å². The number of aromatic nitrogens is 2. The second-order valence-corrected chi connectivity index (χ2v) is 2.48. The lowest BCUT2D eigenvalue weighted by molar-refractivity contribution is 0.957. The van der Waals surface area contributed by atoms with Crippen LogP contribution in [0.5, 0.6) is 0 Å². The van der Waals surface area contributed by atoms with E-state index in [4.69, 9.17) is 0 Å². The molecule has 0 radical (unpaired) electrons. The van der Waals surface area contributed by atoms with E-state index in [2.05, 4.69) is 22.3 Å². The lowest BCUT2D eigenvalue weighted by atomic mass is 10.1. The molecule has 0 amide bonds. The van der Waals surface area contributed by atoms with Gasteiger partial charge in [-0.15, -0.1) is 0 Å². The molecule has 1 aliphatic rings. The van der Waals surface area contributed by atoms with Crippen LogP contribution in [0.15, 0.2) is 12.3 Å². The summed E-state index contributed by atoms with van der Waals surface area (Å²) < 4.78 is 0. The molecule has 0 aromatic carbocycles. The molecule has 0 spiro atoms. The Morgan fingerprint density at radius 1 is 1.50 bits per heavy atom. The summed E-state index contributed by atoms with van der Waals surface area (Å²) in [4.78, 5) is 0. The van der Waals surface area contributed by atoms with E-state index in [0.717, 1.165) is 12.1 Å². The standard InChI is InChI=1S/C8H8N2/c1-6-8-4-2-3-7(8)5-9-10-6/h2,4-5H,3H2,1H3. The Balaban J connectivity index is 2.67. The van der Waals surface area contributed by atoms with E-state index in [0.29, 0.717) is 0 Å². The van der Waals surface area contributed by atoms with Gasteiger partial charge in [0.25, 0.3) is 0 Å². The average molecular weight is 132 g/mol. The summed E-state index contributed by atoms with van der Waals surface area (Å²) in [5.74, 6) is 0. The zero-order chi connectivity index (χ0) is 6.97. The summed E-state index contributed by atoms with van der Waals surface area (Å²) >= 11 is 0. The van der Waals surface area contributed by atoms with Crippen molar-refractivity contribution in [3.05, 3.63) is 29.1 Å². The summed E-state index contributed by atoms with van der Waals surface area (Å²) in [5, 5.41) is 7.82. The third-order valence-corrected chi connectivity index (χ3v) is 1.78. The minimum Gasteiger partial charge on any atom is -0.159 e. The summed E-state index contributed by atoms with van der Waals surface area (Å²) in [6, 6.07) is 0. The molecular formula is C8H8N2. The minimum atomic E-state index is 1.02. The highest BCUT2D eigenvalue weighted by molar-refractivity contribution is 5.60. The number of rotatable bonds is 0. The molecule has 0 fully saturated rings. The largest absolute Gasteiger partial charge is 0.159 e. The monoisotopic (exact) mass is 132 g/mol. The maximum atomic E-state index is 3.95. The molecule has 1 aromatic rings. The maximum absolute atomic E-state index is 3.95. The molecular weight excluding hydrogens is 124 g/mol. The lowest BCUT2D eigenvalue weighted by Gasteiger charge is -1.97. The van der Waals surface area contributed by atoms with Crippen LogP contribution in [0, 0.1) is 6.92 Å². The molecule has 1 heterocycles. The second-order valence-electron chi connectivity index (χ2n) is 2.48. The van der Waals surface area contributed by atoms with Gasteiger partial charge in [0.15, 0.2) is 0 Å². The number of fused-ring (bicyclic) bond motifs is 1. The quantitative estimate of drug-likeness (QED) is 0.532. The van der Waals surface area contributed by atoms with Crippen LogP contribution in [0.1, 0.15) is 16.8 Å². The molecule has 0 unspecified atom stereocenters. The fraction of sp³-hybridized carbons (Fsp3) is 0.250. The van der Waals surface area contributed by atoms with Gasteiger partial charge in [0.1, 0.15) is 0 Å². The Kier molecular flexibility index (Phi) is 1.07. The van der Waals surface area contributed by atoms with Gasteiger partial charge in [0.05, 0.1) is 11.9 Å². The van der Waals surface area contributed by atoms with Gasteiger partial charge in [0.2, 0.25) is 0 Å². The van der Waals surface area contributed by atoms with Crippen molar-refractivity contribution in [2.75, 3.05) is 0 Å². The third-order valence-electron chi connectivity index (χ3n) is 1.78. The number of aryl methyl sites for hydroxylation is 1. The first-order chi connectivity index (χ1) is 4.88. The zero-order valence-corrected chi connectivity index (χ0v) is 5.83. The van der Waals surface area contributed by atoms with Crippen LogP contribution >= 0.6 is 0 Å². The molecule has 0 atom stereocenters. The van der Waals surface area contributed by atoms with E-state index in [1.807, 2.05) is 13.1 Å². The van der Waals surface area contributed by atoms with Crippen LogP contribution in [-0.4, -0.2) is 10.2 Å². The van der Waals surface area contributed by atoms with Crippen LogP contribution in [0.3, 0.4) is 0 Å². The highest BCUT2D eigenvalue weighted by Gasteiger charge is 2.07. The van der Waals surface area contributed by atoms with Gasteiger partial charge in [-0.05, 0) is 18.9 Å². The molecule has 0 aliphatic heterocycles. The Morgan fingerprint density at radius 2 is 2.40 bits per heavy atom. The van der Waals surface area contributed by atoms with Crippen molar-refractivity contribution in [3.63, 3.8) is 0 Å². The predicted octanol–water partition coefficient (Wildman–Crippen LogP) is 1.35. The van der Waals surface area contributed by atoms with E-state index in [-0.39, 0.29) is 0 Å². The van der Waals surface area contributed by atoms with Gasteiger partial charge in [-0.2, -0.15) is 10.2 Å². The molecule has 2 rings (SSSR count). The molecule has 1 aliphatic carbocycles. The Labute approximate surface area is 59.6 Å². The van der Waals surface area contributed by atoms with E-state index in [1.165, 1.54) is 11.1 Å². The Hall–Kier alpha value is -1.18. The van der Waals surface area contributed by atoms with Crippen LogP contribution in [0.2, 0.25) is 0 Å². The highest BCUT2D eigenvalue weighted by atomic mass is 15.1. The van der Waals surface area contributed by atoms with Crippen molar-refractivity contribution in [1.29, 1.82) is 0 Å². The normalized spacial score (nSPS) is 13.7. The molecule has 1 aromatic heterocycles. The highest BCUT2D eigenvalue weighted by Crippen LogP contribution is 2.19. The number of nitrogens with zero attached hydrogens (tertiary/aromatic N) is 2. The van der Waals surface area contributed by atoms with Gasteiger partial charge in [-0.1, -0.05) is 12.2 Å². The first-order valence-corrected chi connectivity index (χ1v) is 3.35. The summed E-state index contributed by atoms with van der Waals surface area (Å²) in [6.45, 7) is 1.99. The maximum Gasteiger partial charge on any atom is 0.0675 e. The van der Waals surface area contributed by atoms with Crippen LogP contribution in [0.25, 0.3) is 6.08 Å². The van der Waals surface area contributed by atoms with Crippen molar-refractivity contribution in [3.8, 4) is 0 Å². The summed E-state index contributed by atoms with van der Waals surface area (Å²) in [6.07, 6.45) is 7.11. The molecule has 0 saturated carbocycles. The summed E-state index contributed by atoms with van der Waals surface area (Å²) in [7, 11) is 0. The fourth-order valence-electron chi connectivity index (χ4n) is 1.23. The van der Waals surface area contributed by atoms with E-state index in [1.54, 1.807) is 0 Å². The Morgan fingerprint density at radius 3 is 3.20 bits per heavy atom. The molecule has 50 valence electrons. The van der Waals surface area contributed by atoms with Gasteiger partial charge >= 0.3 is 0 Å². The smallest absolute Gasteiger partial charge is 0.0675 e. The molecule has 2 heteroatoms. The number of hydrogen-bond acceptors (Lipinski definition) is 2. The second kappa shape index (κ2) is 1.90. The van der Waals surface area contributed by atoms with Gasteiger partial charge in [0, 0.05) is 5.56 Å². The third kappa shape index (κ3) is 0.652. The molecule has 0 saturated heterocycles. The summed E-state index contributed by atoms with van der Waals surface area (Å²) in [5.41, 5.74) is 3.59. The lowest BCUT2D eigenvalue weighted by Crippen LogP contribution is -1.92. The van der Waals surface area contributed by atoms with Crippen LogP contribution in [-0.2, 0) is 6.42 Å². The van der Waals surface area contributed by atoms with E-state index in [9.17, 15) is 0 Å². The van der Waals surface area contributed by atoms with Crippen molar-refractivity contribution in [2.24, 2.45) is 0 Å². The van der Waals surface area contributed by atoms with Crippen molar-refractivity contribution in [1.82, 2.24) is 10.2 Å². The minimum absolute atomic E-state index is 1.02. The van der Waals surface area contributed by atoms with E-state index >= 15 is 0 Å². The number of allylic oxidation sites excluding steroid dienone is 1. The first kappa shape index (κ1) is 5.59. The molecule has 0 N–H and O–H groups in total. The predicted molar refractivity (Wildman–Crippen MR) is 39.5 cm³/mol. The fourth-order valence-corrected chi connectivity index (χ4v) is 1.23. The molecule has 10 heavy (non-hydrogen) atoms.